The molecule has 4 aromatic rings. The lowest BCUT2D eigenvalue weighted by Crippen LogP contribution is -2.14. The van der Waals surface area contributed by atoms with E-state index in [9.17, 15) is 34.5 Å². The quantitative estimate of drug-likeness (QED) is 0.131. The summed E-state index contributed by atoms with van der Waals surface area (Å²) < 4.78 is 15.7. The van der Waals surface area contributed by atoms with Crippen LogP contribution in [0.5, 0.6) is 34.5 Å². The van der Waals surface area contributed by atoms with E-state index in [1.165, 1.54) is 56.6 Å². The molecule has 0 unspecified atom stereocenters. The summed E-state index contributed by atoms with van der Waals surface area (Å²) in [5, 5.41) is 30.9. The number of ether oxygens (including phenoxy) is 3. The van der Waals surface area contributed by atoms with Gasteiger partial charge in [0.2, 0.25) is 11.7 Å². The first-order valence-electron chi connectivity index (χ1n) is 12.7. The molecule has 12 nitrogen and oxygen atoms in total. The molecule has 12 heteroatoms. The number of nitrogens with two attached hydrogens (primary N) is 1. The van der Waals surface area contributed by atoms with Crippen LogP contribution in [0.4, 0.5) is 0 Å². The Morgan fingerprint density at radius 2 is 1.63 bits per heavy atom. The molecule has 0 fully saturated rings. The lowest BCUT2D eigenvalue weighted by atomic mass is 10.0. The normalized spacial score (nSPS) is 10.1. The summed E-state index contributed by atoms with van der Waals surface area (Å²) in [6, 6.07) is 12.8. The maximum absolute atomic E-state index is 12.9. The molecule has 1 aromatic heterocycles. The summed E-state index contributed by atoms with van der Waals surface area (Å²) >= 11 is 0. The first kappa shape index (κ1) is 31.6. The third kappa shape index (κ3) is 7.44. The van der Waals surface area contributed by atoms with Crippen LogP contribution in [0.3, 0.4) is 0 Å². The molecule has 0 saturated heterocycles. The number of hydrogen-bond acceptors (Lipinski definition) is 11. The zero-order valence-corrected chi connectivity index (χ0v) is 23.4. The van der Waals surface area contributed by atoms with Gasteiger partial charge in [-0.05, 0) is 61.9 Å². The van der Waals surface area contributed by atoms with Crippen molar-refractivity contribution < 1.29 is 48.7 Å². The second-order valence-electron chi connectivity index (χ2n) is 8.82. The number of hydrogen-bond donors (Lipinski definition) is 4. The number of aldehydes is 1. The molecule has 0 spiro atoms. The van der Waals surface area contributed by atoms with E-state index in [-0.39, 0.29) is 45.9 Å². The summed E-state index contributed by atoms with van der Waals surface area (Å²) in [6.45, 7) is 3.16. The van der Waals surface area contributed by atoms with Crippen molar-refractivity contribution in [1.29, 1.82) is 0 Å². The van der Waals surface area contributed by atoms with Gasteiger partial charge in [-0.1, -0.05) is 13.0 Å². The number of phenolic OH excluding ortho intramolecular Hbond substituents is 3. The van der Waals surface area contributed by atoms with Crippen LogP contribution in [-0.2, 0) is 6.42 Å². The number of nitrogens with zero attached hydrogens (tertiary/aromatic N) is 1. The molecule has 3 aromatic carbocycles. The van der Waals surface area contributed by atoms with Crippen molar-refractivity contribution in [3.05, 3.63) is 100 Å². The van der Waals surface area contributed by atoms with Crippen LogP contribution in [0.2, 0.25) is 0 Å². The zero-order valence-electron chi connectivity index (χ0n) is 23.4. The van der Waals surface area contributed by atoms with Crippen LogP contribution in [0.1, 0.15) is 59.5 Å². The molecule has 0 bridgehead atoms. The van der Waals surface area contributed by atoms with E-state index in [1.807, 2.05) is 0 Å². The van der Waals surface area contributed by atoms with Crippen molar-refractivity contribution in [2.24, 2.45) is 5.73 Å². The maximum atomic E-state index is 12.9. The van der Waals surface area contributed by atoms with Gasteiger partial charge >= 0.3 is 11.9 Å². The Kier molecular flexibility index (Phi) is 10.4. The molecule has 0 aliphatic rings. The Morgan fingerprint density at radius 3 is 2.21 bits per heavy atom. The number of benzene rings is 3. The van der Waals surface area contributed by atoms with Gasteiger partial charge in [-0.3, -0.25) is 14.6 Å². The Morgan fingerprint density at radius 1 is 0.907 bits per heavy atom. The van der Waals surface area contributed by atoms with Crippen molar-refractivity contribution >= 4 is 24.1 Å². The molecular weight excluding hydrogens is 560 g/mol. The van der Waals surface area contributed by atoms with Gasteiger partial charge in [0, 0.05) is 29.1 Å². The van der Waals surface area contributed by atoms with Gasteiger partial charge in [0.15, 0.2) is 23.0 Å². The number of carbonyl (C=O) groups excluding carboxylic acids is 4. The standard InChI is InChI=1S/C25H22O9.C6H6N2O/c1-4-15-17(25(31)33-20-9-8-14(12-26)10-21(20)32-3)11-19(28)23(22(15)29)34-24(30)16-6-5-7-18(27)13(16)2;7-6(9)5-2-1-3-8-4-5/h5-12,27-29H,4H2,1-3H3;1-4H,(H2,7,9). The van der Waals surface area contributed by atoms with E-state index < -0.39 is 35.1 Å². The van der Waals surface area contributed by atoms with Gasteiger partial charge in [0.25, 0.3) is 0 Å². The number of carbonyl (C=O) groups is 4. The minimum atomic E-state index is -0.920. The van der Waals surface area contributed by atoms with Gasteiger partial charge in [-0.2, -0.15) is 0 Å². The molecule has 0 aliphatic heterocycles. The lowest BCUT2D eigenvalue weighted by Gasteiger charge is -2.16. The fourth-order valence-electron chi connectivity index (χ4n) is 3.81. The maximum Gasteiger partial charge on any atom is 0.344 e. The van der Waals surface area contributed by atoms with Gasteiger partial charge in [0.05, 0.1) is 23.8 Å². The van der Waals surface area contributed by atoms with Gasteiger partial charge in [0.1, 0.15) is 12.0 Å². The molecule has 5 N–H and O–H groups in total. The van der Waals surface area contributed by atoms with Crippen molar-refractivity contribution in [3.63, 3.8) is 0 Å². The second kappa shape index (κ2) is 14.1. The zero-order chi connectivity index (χ0) is 31.7. The van der Waals surface area contributed by atoms with E-state index in [1.54, 1.807) is 25.3 Å². The highest BCUT2D eigenvalue weighted by Crippen LogP contribution is 2.42. The number of phenols is 3. The molecule has 1 heterocycles. The van der Waals surface area contributed by atoms with Crippen LogP contribution in [0, 0.1) is 6.92 Å². The van der Waals surface area contributed by atoms with E-state index in [0.29, 0.717) is 17.4 Å². The van der Waals surface area contributed by atoms with Crippen LogP contribution >= 0.6 is 0 Å². The summed E-state index contributed by atoms with van der Waals surface area (Å²) in [6.07, 6.45) is 3.76. The average Bonchev–Trinajstić information content (AvgIpc) is 3.01. The number of aromatic hydroxyl groups is 3. The van der Waals surface area contributed by atoms with E-state index >= 15 is 0 Å². The summed E-state index contributed by atoms with van der Waals surface area (Å²) in [4.78, 5) is 50.5. The highest BCUT2D eigenvalue weighted by molar-refractivity contribution is 5.97. The SMILES string of the molecule is CCc1c(C(=O)Oc2ccc(C=O)cc2OC)cc(O)c(OC(=O)c2cccc(O)c2C)c1O.NC(=O)c1cccnc1. The Hall–Kier alpha value is -5.91. The third-order valence-corrected chi connectivity index (χ3v) is 6.11. The van der Waals surface area contributed by atoms with E-state index in [0.717, 1.165) is 6.07 Å². The number of amides is 1. The smallest absolute Gasteiger partial charge is 0.344 e. The molecule has 0 atom stereocenters. The molecule has 0 radical (unpaired) electrons. The lowest BCUT2D eigenvalue weighted by molar-refractivity contribution is 0.0722. The van der Waals surface area contributed by atoms with Crippen LogP contribution in [0.15, 0.2) is 67.0 Å². The number of primary amides is 1. The fraction of sp³-hybridized carbons (Fsp3) is 0.129. The van der Waals surface area contributed by atoms with Crippen LogP contribution in [0.25, 0.3) is 0 Å². The Balaban J connectivity index is 0.000000480. The molecule has 43 heavy (non-hydrogen) atoms. The summed E-state index contributed by atoms with van der Waals surface area (Å²) in [5.74, 6) is -4.05. The minimum absolute atomic E-state index is 0.0222. The average molecular weight is 589 g/mol. The van der Waals surface area contributed by atoms with Crippen LogP contribution in [-0.4, -0.2) is 51.5 Å². The number of esters is 2. The topological polar surface area (TPSA) is 196 Å². The first-order chi connectivity index (χ1) is 20.5. The second-order valence-corrected chi connectivity index (χ2v) is 8.82. The Bertz CT molecular complexity index is 1670. The van der Waals surface area contributed by atoms with Crippen LogP contribution < -0.4 is 19.9 Å². The molecule has 0 saturated carbocycles. The molecule has 222 valence electrons. The number of rotatable bonds is 8. The molecule has 4 rings (SSSR count). The highest BCUT2D eigenvalue weighted by Gasteiger charge is 2.26. The summed E-state index contributed by atoms with van der Waals surface area (Å²) in [7, 11) is 1.34. The Labute approximate surface area is 245 Å². The van der Waals surface area contributed by atoms with Crippen molar-refractivity contribution in [2.45, 2.75) is 20.3 Å². The van der Waals surface area contributed by atoms with Gasteiger partial charge < -0.3 is 35.3 Å². The minimum Gasteiger partial charge on any atom is -0.508 e. The molecular formula is C31H28N2O10. The highest BCUT2D eigenvalue weighted by atomic mass is 16.6. The first-order valence-corrected chi connectivity index (χ1v) is 12.7. The predicted molar refractivity (Wildman–Crippen MR) is 153 cm³/mol. The number of pyridine rings is 1. The monoisotopic (exact) mass is 588 g/mol. The van der Waals surface area contributed by atoms with E-state index in [2.05, 4.69) is 4.98 Å². The van der Waals surface area contributed by atoms with Crippen molar-refractivity contribution in [3.8, 4) is 34.5 Å². The van der Waals surface area contributed by atoms with Gasteiger partial charge in [-0.15, -0.1) is 0 Å². The fourth-order valence-corrected chi connectivity index (χ4v) is 3.81. The number of methoxy groups -OCH3 is 1. The molecule has 0 aliphatic carbocycles. The molecule has 1 amide bonds. The van der Waals surface area contributed by atoms with Gasteiger partial charge in [-0.25, -0.2) is 9.59 Å². The summed E-state index contributed by atoms with van der Waals surface area (Å²) in [5.41, 5.74) is 5.90. The van der Waals surface area contributed by atoms with E-state index in [4.69, 9.17) is 19.9 Å². The predicted octanol–water partition coefficient (Wildman–Crippen LogP) is 4.11. The van der Waals surface area contributed by atoms with Crippen molar-refractivity contribution in [1.82, 2.24) is 4.98 Å². The third-order valence-electron chi connectivity index (χ3n) is 6.11. The number of aromatic nitrogens is 1. The van der Waals surface area contributed by atoms with Crippen molar-refractivity contribution in [2.75, 3.05) is 7.11 Å². The largest absolute Gasteiger partial charge is 0.508 e.